The Morgan fingerprint density at radius 3 is 2.94 bits per heavy atom. The lowest BCUT2D eigenvalue weighted by molar-refractivity contribution is 0.344. The fourth-order valence-corrected chi connectivity index (χ4v) is 2.00. The Kier molecular flexibility index (Phi) is 3.15. The number of benzene rings is 1. The van der Waals surface area contributed by atoms with Crippen molar-refractivity contribution in [1.82, 2.24) is 4.98 Å². The molecule has 1 unspecified atom stereocenters. The van der Waals surface area contributed by atoms with E-state index in [4.69, 9.17) is 10.5 Å². The molecule has 0 spiro atoms. The van der Waals surface area contributed by atoms with Crippen LogP contribution in [-0.4, -0.2) is 17.6 Å². The molecule has 0 aliphatic carbocycles. The molecule has 1 heterocycles. The number of ether oxygens (including phenoxy) is 1. The molecule has 3 nitrogen and oxygen atoms in total. The smallest absolute Gasteiger partial charge is 0.128 e. The highest BCUT2D eigenvalue weighted by atomic mass is 16.5. The Morgan fingerprint density at radius 1 is 1.44 bits per heavy atom. The van der Waals surface area contributed by atoms with Gasteiger partial charge in [-0.15, -0.1) is 0 Å². The summed E-state index contributed by atoms with van der Waals surface area (Å²) in [6.07, 6.45) is 2.89. The van der Waals surface area contributed by atoms with E-state index in [2.05, 4.69) is 11.1 Å². The first-order valence-corrected chi connectivity index (χ1v) is 5.69. The number of rotatable bonds is 4. The summed E-state index contributed by atoms with van der Waals surface area (Å²) in [6.45, 7) is 4.70. The first-order valence-electron chi connectivity index (χ1n) is 5.69. The van der Waals surface area contributed by atoms with Crippen LogP contribution < -0.4 is 10.5 Å². The zero-order valence-electron chi connectivity index (χ0n) is 9.79. The predicted molar refractivity (Wildman–Crippen MR) is 66.8 cm³/mol. The Bertz CT molecular complexity index is 474. The van der Waals surface area contributed by atoms with Gasteiger partial charge in [-0.25, -0.2) is 0 Å². The number of nitrogens with two attached hydrogens (primary N) is 1. The van der Waals surface area contributed by atoms with E-state index in [1.54, 1.807) is 0 Å². The molecule has 3 heteroatoms. The molecule has 1 atom stereocenters. The highest BCUT2D eigenvalue weighted by molar-refractivity contribution is 5.89. The summed E-state index contributed by atoms with van der Waals surface area (Å²) in [5.41, 5.74) is 8.19. The number of hydrogen-bond donors (Lipinski definition) is 2. The third-order valence-corrected chi connectivity index (χ3v) is 2.59. The van der Waals surface area contributed by atoms with E-state index in [1.807, 2.05) is 32.2 Å². The number of aromatic nitrogens is 1. The quantitative estimate of drug-likeness (QED) is 0.828. The highest BCUT2D eigenvalue weighted by Gasteiger charge is 2.10. The molecule has 0 aliphatic rings. The molecule has 86 valence electrons. The monoisotopic (exact) mass is 218 g/mol. The Hall–Kier alpha value is -1.48. The number of nitrogens with one attached hydrogen (secondary N) is 1. The van der Waals surface area contributed by atoms with Crippen LogP contribution in [0.3, 0.4) is 0 Å². The molecule has 2 aromatic rings. The summed E-state index contributed by atoms with van der Waals surface area (Å²) in [7, 11) is 0. The van der Waals surface area contributed by atoms with Gasteiger partial charge in [-0.3, -0.25) is 0 Å². The van der Waals surface area contributed by atoms with Crippen molar-refractivity contribution in [3.8, 4) is 5.75 Å². The fourth-order valence-electron chi connectivity index (χ4n) is 2.00. The second-order valence-electron chi connectivity index (χ2n) is 4.11. The number of H-pyrrole nitrogens is 1. The fraction of sp³-hybridized carbons (Fsp3) is 0.385. The summed E-state index contributed by atoms with van der Waals surface area (Å²) in [5, 5.41) is 1.17. The van der Waals surface area contributed by atoms with Gasteiger partial charge in [0.25, 0.3) is 0 Å². The third kappa shape index (κ3) is 2.04. The van der Waals surface area contributed by atoms with Crippen molar-refractivity contribution in [2.24, 2.45) is 5.73 Å². The molecule has 0 amide bonds. The van der Waals surface area contributed by atoms with Gasteiger partial charge in [0.1, 0.15) is 5.75 Å². The van der Waals surface area contributed by atoms with Gasteiger partial charge in [-0.05, 0) is 38.0 Å². The van der Waals surface area contributed by atoms with Gasteiger partial charge < -0.3 is 15.5 Å². The van der Waals surface area contributed by atoms with Crippen LogP contribution in [0.15, 0.2) is 24.4 Å². The molecule has 0 fully saturated rings. The number of hydrogen-bond acceptors (Lipinski definition) is 2. The molecule has 0 saturated carbocycles. The maximum atomic E-state index is 5.84. The van der Waals surface area contributed by atoms with Crippen molar-refractivity contribution >= 4 is 10.9 Å². The van der Waals surface area contributed by atoms with Crippen molar-refractivity contribution in [3.63, 3.8) is 0 Å². The summed E-state index contributed by atoms with van der Waals surface area (Å²) in [6, 6.07) is 6.22. The van der Waals surface area contributed by atoms with Crippen LogP contribution >= 0.6 is 0 Å². The van der Waals surface area contributed by atoms with E-state index in [1.165, 1.54) is 10.9 Å². The molecule has 1 aromatic carbocycles. The second kappa shape index (κ2) is 4.58. The lowest BCUT2D eigenvalue weighted by atomic mass is 10.1. The van der Waals surface area contributed by atoms with Gasteiger partial charge in [0.2, 0.25) is 0 Å². The van der Waals surface area contributed by atoms with Crippen LogP contribution in [0.4, 0.5) is 0 Å². The van der Waals surface area contributed by atoms with Gasteiger partial charge >= 0.3 is 0 Å². The van der Waals surface area contributed by atoms with Crippen molar-refractivity contribution in [2.75, 3.05) is 6.61 Å². The molecule has 0 radical (unpaired) electrons. The molecule has 1 aromatic heterocycles. The van der Waals surface area contributed by atoms with E-state index >= 15 is 0 Å². The van der Waals surface area contributed by atoms with Crippen LogP contribution in [0.2, 0.25) is 0 Å². The molecular weight excluding hydrogens is 200 g/mol. The predicted octanol–water partition coefficient (Wildman–Crippen LogP) is 2.46. The molecule has 2 rings (SSSR count). The first-order chi connectivity index (χ1) is 7.72. The molecule has 0 bridgehead atoms. The Morgan fingerprint density at radius 2 is 2.25 bits per heavy atom. The molecule has 0 aliphatic heterocycles. The maximum absolute atomic E-state index is 5.84. The largest absolute Gasteiger partial charge is 0.493 e. The summed E-state index contributed by atoms with van der Waals surface area (Å²) in [4.78, 5) is 3.26. The zero-order valence-corrected chi connectivity index (χ0v) is 9.79. The average molecular weight is 218 g/mol. The van der Waals surface area contributed by atoms with Gasteiger partial charge in [0, 0.05) is 23.1 Å². The summed E-state index contributed by atoms with van der Waals surface area (Å²) in [5.74, 6) is 0.942. The molecular formula is C13H18N2O. The van der Waals surface area contributed by atoms with Gasteiger partial charge in [-0.2, -0.15) is 0 Å². The van der Waals surface area contributed by atoms with Gasteiger partial charge in [0.15, 0.2) is 0 Å². The summed E-state index contributed by atoms with van der Waals surface area (Å²) >= 11 is 0. The number of fused-ring (bicyclic) bond motifs is 1. The van der Waals surface area contributed by atoms with Crippen LogP contribution in [0.1, 0.15) is 19.4 Å². The minimum atomic E-state index is 0.161. The van der Waals surface area contributed by atoms with Crippen LogP contribution in [0, 0.1) is 0 Å². The van der Waals surface area contributed by atoms with Crippen LogP contribution in [0.25, 0.3) is 10.9 Å². The minimum Gasteiger partial charge on any atom is -0.493 e. The van der Waals surface area contributed by atoms with Crippen LogP contribution in [0.5, 0.6) is 5.75 Å². The zero-order chi connectivity index (χ0) is 11.5. The van der Waals surface area contributed by atoms with Crippen LogP contribution in [-0.2, 0) is 6.42 Å². The SMILES string of the molecule is CCOc1cccc2[nH]cc(CC(C)N)c12. The van der Waals surface area contributed by atoms with Crippen molar-refractivity contribution < 1.29 is 4.74 Å². The highest BCUT2D eigenvalue weighted by Crippen LogP contribution is 2.29. The lowest BCUT2D eigenvalue weighted by Gasteiger charge is -2.08. The molecule has 16 heavy (non-hydrogen) atoms. The first kappa shape index (κ1) is 11.0. The molecule has 3 N–H and O–H groups in total. The average Bonchev–Trinajstić information content (AvgIpc) is 2.62. The topological polar surface area (TPSA) is 51.0 Å². The van der Waals surface area contributed by atoms with Gasteiger partial charge in [-0.1, -0.05) is 6.07 Å². The number of aromatic amines is 1. The van der Waals surface area contributed by atoms with E-state index in [9.17, 15) is 0 Å². The standard InChI is InChI=1S/C13H18N2O/c1-3-16-12-6-4-5-11-13(12)10(8-15-11)7-9(2)14/h4-6,8-9,15H,3,7,14H2,1-2H3. The Balaban J connectivity index is 2.49. The minimum absolute atomic E-state index is 0.161. The Labute approximate surface area is 95.6 Å². The van der Waals surface area contributed by atoms with Gasteiger partial charge in [0.05, 0.1) is 6.61 Å². The van der Waals surface area contributed by atoms with E-state index in [-0.39, 0.29) is 6.04 Å². The molecule has 0 saturated heterocycles. The van der Waals surface area contributed by atoms with E-state index in [0.717, 1.165) is 17.7 Å². The third-order valence-electron chi connectivity index (χ3n) is 2.59. The van der Waals surface area contributed by atoms with E-state index in [0.29, 0.717) is 6.61 Å². The normalized spacial score (nSPS) is 12.9. The van der Waals surface area contributed by atoms with Crippen molar-refractivity contribution in [2.45, 2.75) is 26.3 Å². The van der Waals surface area contributed by atoms with Crippen molar-refractivity contribution in [3.05, 3.63) is 30.0 Å². The maximum Gasteiger partial charge on any atom is 0.128 e. The van der Waals surface area contributed by atoms with E-state index < -0.39 is 0 Å². The lowest BCUT2D eigenvalue weighted by Crippen LogP contribution is -2.17. The second-order valence-corrected chi connectivity index (χ2v) is 4.11. The summed E-state index contributed by atoms with van der Waals surface area (Å²) < 4.78 is 5.64. The van der Waals surface area contributed by atoms with Crippen molar-refractivity contribution in [1.29, 1.82) is 0 Å².